The predicted octanol–water partition coefficient (Wildman–Crippen LogP) is 3.03. The first-order chi connectivity index (χ1) is 10.6. The molecule has 23 heavy (non-hydrogen) atoms. The van der Waals surface area contributed by atoms with E-state index in [2.05, 4.69) is 0 Å². The van der Waals surface area contributed by atoms with E-state index in [0.717, 1.165) is 12.1 Å². The van der Waals surface area contributed by atoms with Crippen LogP contribution in [0.15, 0.2) is 24.3 Å². The molecule has 0 bridgehead atoms. The highest BCUT2D eigenvalue weighted by Gasteiger charge is 2.35. The van der Waals surface area contributed by atoms with Crippen molar-refractivity contribution in [2.24, 2.45) is 0 Å². The SMILES string of the molecule is COC(C)(C)C(=O)N1CCOC(c2ccc(C(F)(F)F)cc2)C1. The van der Waals surface area contributed by atoms with Gasteiger partial charge in [0.15, 0.2) is 0 Å². The van der Waals surface area contributed by atoms with Gasteiger partial charge in [-0.3, -0.25) is 4.79 Å². The smallest absolute Gasteiger partial charge is 0.370 e. The molecule has 0 aliphatic carbocycles. The molecule has 1 aromatic carbocycles. The summed E-state index contributed by atoms with van der Waals surface area (Å²) in [6, 6.07) is 4.84. The molecule has 0 aromatic heterocycles. The lowest BCUT2D eigenvalue weighted by Crippen LogP contribution is -2.51. The van der Waals surface area contributed by atoms with Crippen molar-refractivity contribution in [1.29, 1.82) is 0 Å². The van der Waals surface area contributed by atoms with E-state index in [-0.39, 0.29) is 12.5 Å². The highest BCUT2D eigenvalue weighted by molar-refractivity contribution is 5.84. The monoisotopic (exact) mass is 331 g/mol. The summed E-state index contributed by atoms with van der Waals surface area (Å²) in [4.78, 5) is 14.0. The van der Waals surface area contributed by atoms with Gasteiger partial charge in [0.2, 0.25) is 0 Å². The van der Waals surface area contributed by atoms with Crippen molar-refractivity contribution < 1.29 is 27.4 Å². The van der Waals surface area contributed by atoms with E-state index < -0.39 is 23.4 Å². The Morgan fingerprint density at radius 1 is 1.26 bits per heavy atom. The van der Waals surface area contributed by atoms with E-state index in [1.807, 2.05) is 0 Å². The third kappa shape index (κ3) is 4.03. The molecule has 1 heterocycles. The Kier molecular flexibility index (Phi) is 5.01. The van der Waals surface area contributed by atoms with Crippen LogP contribution >= 0.6 is 0 Å². The van der Waals surface area contributed by atoms with Crippen LogP contribution < -0.4 is 0 Å². The average Bonchev–Trinajstić information content (AvgIpc) is 2.53. The van der Waals surface area contributed by atoms with E-state index in [0.29, 0.717) is 18.7 Å². The normalized spacial score (nSPS) is 19.7. The van der Waals surface area contributed by atoms with E-state index in [4.69, 9.17) is 9.47 Å². The first-order valence-corrected chi connectivity index (χ1v) is 7.28. The maximum absolute atomic E-state index is 12.6. The second kappa shape index (κ2) is 6.49. The molecule has 1 atom stereocenters. The second-order valence-corrected chi connectivity index (χ2v) is 5.94. The van der Waals surface area contributed by atoms with E-state index in [9.17, 15) is 18.0 Å². The number of hydrogen-bond donors (Lipinski definition) is 0. The van der Waals surface area contributed by atoms with E-state index >= 15 is 0 Å². The minimum atomic E-state index is -4.36. The fourth-order valence-corrected chi connectivity index (χ4v) is 2.39. The standard InChI is InChI=1S/C16H20F3NO3/c1-15(2,22-3)14(21)20-8-9-23-13(10-20)11-4-6-12(7-5-11)16(17,18)19/h4-7,13H,8-10H2,1-3H3. The number of carbonyl (C=O) groups excluding carboxylic acids is 1. The number of morpholine rings is 1. The molecule has 1 amide bonds. The summed E-state index contributed by atoms with van der Waals surface area (Å²) in [5.74, 6) is -0.166. The van der Waals surface area contributed by atoms with Gasteiger partial charge in [-0.05, 0) is 31.5 Å². The maximum atomic E-state index is 12.6. The largest absolute Gasteiger partial charge is 0.416 e. The number of carbonyl (C=O) groups is 1. The summed E-state index contributed by atoms with van der Waals surface area (Å²) in [6.07, 6.45) is -4.81. The lowest BCUT2D eigenvalue weighted by atomic mass is 10.0. The lowest BCUT2D eigenvalue weighted by molar-refractivity contribution is -0.158. The fraction of sp³-hybridized carbons (Fsp3) is 0.562. The fourth-order valence-electron chi connectivity index (χ4n) is 2.39. The Morgan fingerprint density at radius 2 is 1.87 bits per heavy atom. The summed E-state index contributed by atoms with van der Waals surface area (Å²) in [5.41, 5.74) is -1.03. The quantitative estimate of drug-likeness (QED) is 0.855. The van der Waals surface area contributed by atoms with Crippen molar-refractivity contribution in [2.45, 2.75) is 31.7 Å². The summed E-state index contributed by atoms with van der Waals surface area (Å²) < 4.78 is 48.6. The van der Waals surface area contributed by atoms with Crippen LogP contribution in [0.4, 0.5) is 13.2 Å². The van der Waals surface area contributed by atoms with Crippen molar-refractivity contribution in [1.82, 2.24) is 4.90 Å². The first kappa shape index (κ1) is 17.7. The van der Waals surface area contributed by atoms with Gasteiger partial charge >= 0.3 is 6.18 Å². The third-order valence-corrected chi connectivity index (χ3v) is 3.99. The van der Waals surface area contributed by atoms with Crippen LogP contribution in [-0.2, 0) is 20.4 Å². The number of alkyl halides is 3. The lowest BCUT2D eigenvalue weighted by Gasteiger charge is -2.37. The van der Waals surface area contributed by atoms with Crippen LogP contribution in [0.5, 0.6) is 0 Å². The summed E-state index contributed by atoms with van der Waals surface area (Å²) in [6.45, 7) is 4.41. The highest BCUT2D eigenvalue weighted by atomic mass is 19.4. The number of benzene rings is 1. The molecule has 0 N–H and O–H groups in total. The molecule has 0 spiro atoms. The molecule has 1 aliphatic rings. The first-order valence-electron chi connectivity index (χ1n) is 7.28. The van der Waals surface area contributed by atoms with E-state index in [1.165, 1.54) is 19.2 Å². The summed E-state index contributed by atoms with van der Waals surface area (Å²) in [7, 11) is 1.46. The van der Waals surface area contributed by atoms with Crippen LogP contribution in [0.25, 0.3) is 0 Å². The minimum absolute atomic E-state index is 0.166. The number of amides is 1. The Balaban J connectivity index is 2.11. The molecular weight excluding hydrogens is 311 g/mol. The maximum Gasteiger partial charge on any atom is 0.416 e. The Hall–Kier alpha value is -1.60. The topological polar surface area (TPSA) is 38.8 Å². The highest BCUT2D eigenvalue weighted by Crippen LogP contribution is 2.31. The molecule has 0 saturated carbocycles. The zero-order valence-electron chi connectivity index (χ0n) is 13.3. The van der Waals surface area contributed by atoms with Crippen molar-refractivity contribution in [3.8, 4) is 0 Å². The van der Waals surface area contributed by atoms with Crippen molar-refractivity contribution >= 4 is 5.91 Å². The van der Waals surface area contributed by atoms with Crippen LogP contribution in [0.1, 0.15) is 31.1 Å². The zero-order valence-corrected chi connectivity index (χ0v) is 13.3. The third-order valence-electron chi connectivity index (χ3n) is 3.99. The molecule has 1 aromatic rings. The van der Waals surface area contributed by atoms with Gasteiger partial charge in [0, 0.05) is 13.7 Å². The van der Waals surface area contributed by atoms with Crippen molar-refractivity contribution in [2.75, 3.05) is 26.8 Å². The van der Waals surface area contributed by atoms with Crippen molar-refractivity contribution in [3.05, 3.63) is 35.4 Å². The molecule has 1 unspecified atom stereocenters. The predicted molar refractivity (Wildman–Crippen MR) is 77.8 cm³/mol. The zero-order chi connectivity index (χ0) is 17.3. The number of ether oxygens (including phenoxy) is 2. The van der Waals surface area contributed by atoms with E-state index in [1.54, 1.807) is 18.7 Å². The summed E-state index contributed by atoms with van der Waals surface area (Å²) in [5, 5.41) is 0. The molecular formula is C16H20F3NO3. The molecule has 0 radical (unpaired) electrons. The van der Waals surface area contributed by atoms with Gasteiger partial charge in [-0.15, -0.1) is 0 Å². The van der Waals surface area contributed by atoms with Crippen LogP contribution in [-0.4, -0.2) is 43.2 Å². The van der Waals surface area contributed by atoms with Gasteiger partial charge in [-0.1, -0.05) is 12.1 Å². The molecule has 4 nitrogen and oxygen atoms in total. The molecule has 1 saturated heterocycles. The second-order valence-electron chi connectivity index (χ2n) is 5.94. The minimum Gasteiger partial charge on any atom is -0.370 e. The molecule has 7 heteroatoms. The van der Waals surface area contributed by atoms with Gasteiger partial charge in [-0.25, -0.2) is 0 Å². The number of halogens is 3. The molecule has 1 aliphatic heterocycles. The number of nitrogens with zero attached hydrogens (tertiary/aromatic N) is 1. The Bertz CT molecular complexity index is 555. The van der Waals surface area contributed by atoms with Gasteiger partial charge in [-0.2, -0.15) is 13.2 Å². The molecule has 2 rings (SSSR count). The van der Waals surface area contributed by atoms with Gasteiger partial charge in [0.25, 0.3) is 5.91 Å². The van der Waals surface area contributed by atoms with Gasteiger partial charge in [0.1, 0.15) is 11.7 Å². The molecule has 128 valence electrons. The number of methoxy groups -OCH3 is 1. The Morgan fingerprint density at radius 3 is 2.39 bits per heavy atom. The van der Waals surface area contributed by atoms with Crippen LogP contribution in [0, 0.1) is 0 Å². The number of hydrogen-bond acceptors (Lipinski definition) is 3. The number of rotatable bonds is 3. The molecule has 1 fully saturated rings. The van der Waals surface area contributed by atoms with Crippen LogP contribution in [0.3, 0.4) is 0 Å². The summed E-state index contributed by atoms with van der Waals surface area (Å²) >= 11 is 0. The van der Waals surface area contributed by atoms with Gasteiger partial charge in [0.05, 0.1) is 18.7 Å². The Labute approximate surface area is 133 Å². The van der Waals surface area contributed by atoms with Crippen LogP contribution in [0.2, 0.25) is 0 Å². The van der Waals surface area contributed by atoms with Crippen molar-refractivity contribution in [3.63, 3.8) is 0 Å². The average molecular weight is 331 g/mol. The van der Waals surface area contributed by atoms with Gasteiger partial charge < -0.3 is 14.4 Å².